The summed E-state index contributed by atoms with van der Waals surface area (Å²) in [5.41, 5.74) is 0.527. The molecule has 104 valence electrons. The molecule has 0 fully saturated rings. The second kappa shape index (κ2) is 5.96. The standard InChI is InChI=1S/C13H9BrF2N2O2/c14-9-1-2-12(13(5-9)18(19)20)17-7-8-3-10(15)6-11(16)4-8/h1-6,17H,7H2. The van der Waals surface area contributed by atoms with E-state index in [1.807, 2.05) is 0 Å². The van der Waals surface area contributed by atoms with Crippen molar-refractivity contribution in [2.75, 3.05) is 5.32 Å². The van der Waals surface area contributed by atoms with Crippen molar-refractivity contribution in [2.45, 2.75) is 6.54 Å². The third kappa shape index (κ3) is 3.51. The van der Waals surface area contributed by atoms with Gasteiger partial charge in [0.05, 0.1) is 4.92 Å². The zero-order valence-corrected chi connectivity index (χ0v) is 11.7. The molecule has 0 spiro atoms. The van der Waals surface area contributed by atoms with Gasteiger partial charge in [-0.15, -0.1) is 0 Å². The van der Waals surface area contributed by atoms with Crippen LogP contribution in [0.15, 0.2) is 40.9 Å². The highest BCUT2D eigenvalue weighted by Gasteiger charge is 2.14. The molecule has 2 rings (SSSR count). The summed E-state index contributed by atoms with van der Waals surface area (Å²) in [5.74, 6) is -1.38. The van der Waals surface area contributed by atoms with Crippen molar-refractivity contribution < 1.29 is 13.7 Å². The molecule has 4 nitrogen and oxygen atoms in total. The molecule has 2 aromatic carbocycles. The molecule has 0 atom stereocenters. The van der Waals surface area contributed by atoms with E-state index >= 15 is 0 Å². The summed E-state index contributed by atoms with van der Waals surface area (Å²) in [6.07, 6.45) is 0. The van der Waals surface area contributed by atoms with Gasteiger partial charge in [-0.25, -0.2) is 8.78 Å². The van der Waals surface area contributed by atoms with Crippen molar-refractivity contribution in [2.24, 2.45) is 0 Å². The molecule has 0 saturated carbocycles. The lowest BCUT2D eigenvalue weighted by Crippen LogP contribution is -2.03. The molecule has 20 heavy (non-hydrogen) atoms. The zero-order valence-electron chi connectivity index (χ0n) is 10.1. The van der Waals surface area contributed by atoms with Gasteiger partial charge in [-0.2, -0.15) is 0 Å². The first-order valence-corrected chi connectivity index (χ1v) is 6.38. The molecule has 0 aromatic heterocycles. The molecule has 0 unspecified atom stereocenters. The minimum atomic E-state index is -0.688. The lowest BCUT2D eigenvalue weighted by molar-refractivity contribution is -0.384. The molecule has 0 saturated heterocycles. The first-order chi connectivity index (χ1) is 9.45. The lowest BCUT2D eigenvalue weighted by Gasteiger charge is -2.08. The van der Waals surface area contributed by atoms with E-state index in [4.69, 9.17) is 0 Å². The molecule has 0 heterocycles. The van der Waals surface area contributed by atoms with Crippen molar-refractivity contribution in [1.29, 1.82) is 0 Å². The van der Waals surface area contributed by atoms with Crippen molar-refractivity contribution in [3.8, 4) is 0 Å². The molecular formula is C13H9BrF2N2O2. The maximum Gasteiger partial charge on any atom is 0.293 e. The Kier molecular flexibility index (Phi) is 4.29. The van der Waals surface area contributed by atoms with E-state index in [9.17, 15) is 18.9 Å². The van der Waals surface area contributed by atoms with Gasteiger partial charge >= 0.3 is 0 Å². The Balaban J connectivity index is 2.20. The van der Waals surface area contributed by atoms with Crippen LogP contribution in [0.4, 0.5) is 20.2 Å². The van der Waals surface area contributed by atoms with Crippen LogP contribution in [0.2, 0.25) is 0 Å². The number of halogens is 3. The fraction of sp³-hybridized carbons (Fsp3) is 0.0769. The van der Waals surface area contributed by atoms with Crippen molar-refractivity contribution >= 4 is 27.3 Å². The van der Waals surface area contributed by atoms with Gasteiger partial charge in [0.15, 0.2) is 0 Å². The van der Waals surface area contributed by atoms with Crippen LogP contribution in [0, 0.1) is 21.7 Å². The van der Waals surface area contributed by atoms with Crippen LogP contribution in [0.3, 0.4) is 0 Å². The minimum Gasteiger partial charge on any atom is -0.375 e. The monoisotopic (exact) mass is 342 g/mol. The Hall–Kier alpha value is -2.02. The highest BCUT2D eigenvalue weighted by atomic mass is 79.9. The second-order valence-corrected chi connectivity index (χ2v) is 4.97. The number of rotatable bonds is 4. The topological polar surface area (TPSA) is 55.2 Å². The number of hydrogen-bond acceptors (Lipinski definition) is 3. The van der Waals surface area contributed by atoms with Crippen molar-refractivity contribution in [1.82, 2.24) is 0 Å². The van der Waals surface area contributed by atoms with E-state index in [-0.39, 0.29) is 17.9 Å². The quantitative estimate of drug-likeness (QED) is 0.667. The van der Waals surface area contributed by atoms with Crippen LogP contribution in [0.25, 0.3) is 0 Å². The Bertz CT molecular complexity index is 645. The Morgan fingerprint density at radius 3 is 2.40 bits per heavy atom. The molecule has 0 aliphatic rings. The van der Waals surface area contributed by atoms with E-state index in [0.29, 0.717) is 10.0 Å². The van der Waals surface area contributed by atoms with E-state index in [2.05, 4.69) is 21.2 Å². The second-order valence-electron chi connectivity index (χ2n) is 4.05. The number of nitro groups is 1. The Morgan fingerprint density at radius 2 is 1.80 bits per heavy atom. The van der Waals surface area contributed by atoms with E-state index in [1.165, 1.54) is 24.3 Å². The van der Waals surface area contributed by atoms with Crippen LogP contribution in [0.1, 0.15) is 5.56 Å². The largest absolute Gasteiger partial charge is 0.375 e. The molecule has 0 amide bonds. The number of nitrogens with one attached hydrogen (secondary N) is 1. The third-order valence-corrected chi connectivity index (χ3v) is 3.06. The van der Waals surface area contributed by atoms with Crippen LogP contribution in [-0.2, 0) is 6.54 Å². The first-order valence-electron chi connectivity index (χ1n) is 5.58. The van der Waals surface area contributed by atoms with E-state index < -0.39 is 16.6 Å². The average Bonchev–Trinajstić information content (AvgIpc) is 2.36. The molecular weight excluding hydrogens is 334 g/mol. The van der Waals surface area contributed by atoms with Crippen LogP contribution in [0.5, 0.6) is 0 Å². The van der Waals surface area contributed by atoms with Gasteiger partial charge in [0.2, 0.25) is 0 Å². The number of hydrogen-bond donors (Lipinski definition) is 1. The van der Waals surface area contributed by atoms with Crippen LogP contribution >= 0.6 is 15.9 Å². The van der Waals surface area contributed by atoms with E-state index in [0.717, 1.165) is 6.07 Å². The molecule has 2 aromatic rings. The van der Waals surface area contributed by atoms with Gasteiger partial charge in [0.25, 0.3) is 5.69 Å². The smallest absolute Gasteiger partial charge is 0.293 e. The summed E-state index contributed by atoms with van der Waals surface area (Å²) in [6.45, 7) is 0.0805. The summed E-state index contributed by atoms with van der Waals surface area (Å²) >= 11 is 3.15. The summed E-state index contributed by atoms with van der Waals surface area (Å²) < 4.78 is 26.6. The van der Waals surface area contributed by atoms with Crippen LogP contribution in [-0.4, -0.2) is 4.92 Å². The Morgan fingerprint density at radius 1 is 1.15 bits per heavy atom. The minimum absolute atomic E-state index is 0.0805. The number of nitrogens with zero attached hydrogens (tertiary/aromatic N) is 1. The number of benzene rings is 2. The first kappa shape index (κ1) is 14.4. The molecule has 7 heteroatoms. The highest BCUT2D eigenvalue weighted by molar-refractivity contribution is 9.10. The summed E-state index contributed by atoms with van der Waals surface area (Å²) in [7, 11) is 0. The van der Waals surface area contributed by atoms with Gasteiger partial charge in [-0.05, 0) is 29.8 Å². The average molecular weight is 343 g/mol. The molecule has 0 aliphatic heterocycles. The van der Waals surface area contributed by atoms with Gasteiger partial charge in [0.1, 0.15) is 17.3 Å². The van der Waals surface area contributed by atoms with E-state index in [1.54, 1.807) is 6.07 Å². The fourth-order valence-electron chi connectivity index (χ4n) is 1.72. The van der Waals surface area contributed by atoms with Crippen LogP contribution < -0.4 is 5.32 Å². The van der Waals surface area contributed by atoms with Gasteiger partial charge in [-0.3, -0.25) is 10.1 Å². The Labute approximate surface area is 121 Å². The third-order valence-electron chi connectivity index (χ3n) is 2.56. The predicted octanol–water partition coefficient (Wildman–Crippen LogP) is 4.25. The fourth-order valence-corrected chi connectivity index (χ4v) is 2.06. The summed E-state index contributed by atoms with van der Waals surface area (Å²) in [5, 5.41) is 13.7. The maximum absolute atomic E-state index is 13.0. The predicted molar refractivity (Wildman–Crippen MR) is 74.5 cm³/mol. The van der Waals surface area contributed by atoms with Crippen molar-refractivity contribution in [3.05, 3.63) is 68.2 Å². The highest BCUT2D eigenvalue weighted by Crippen LogP contribution is 2.28. The summed E-state index contributed by atoms with van der Waals surface area (Å²) in [6, 6.07) is 7.63. The van der Waals surface area contributed by atoms with Crippen molar-refractivity contribution in [3.63, 3.8) is 0 Å². The molecule has 0 radical (unpaired) electrons. The number of nitro benzene ring substituents is 1. The lowest BCUT2D eigenvalue weighted by atomic mass is 10.2. The maximum atomic E-state index is 13.0. The molecule has 1 N–H and O–H groups in total. The SMILES string of the molecule is O=[N+]([O-])c1cc(Br)ccc1NCc1cc(F)cc(F)c1. The molecule has 0 bridgehead atoms. The normalized spacial score (nSPS) is 10.3. The van der Waals surface area contributed by atoms with Gasteiger partial charge in [-0.1, -0.05) is 15.9 Å². The van der Waals surface area contributed by atoms with Gasteiger partial charge < -0.3 is 5.32 Å². The zero-order chi connectivity index (χ0) is 14.7. The van der Waals surface area contributed by atoms with Gasteiger partial charge in [0, 0.05) is 23.2 Å². The summed E-state index contributed by atoms with van der Waals surface area (Å²) in [4.78, 5) is 10.4. The number of anilines is 1. The molecule has 0 aliphatic carbocycles.